The molecule has 0 aliphatic carbocycles. The van der Waals surface area contributed by atoms with Crippen LogP contribution < -0.4 is 15.4 Å². The van der Waals surface area contributed by atoms with Crippen molar-refractivity contribution in [2.45, 2.75) is 32.2 Å². The Morgan fingerprint density at radius 1 is 1.32 bits per heavy atom. The van der Waals surface area contributed by atoms with Gasteiger partial charge in [-0.25, -0.2) is 0 Å². The van der Waals surface area contributed by atoms with Gasteiger partial charge in [0, 0.05) is 32.1 Å². The second kappa shape index (κ2) is 7.44. The van der Waals surface area contributed by atoms with E-state index in [-0.39, 0.29) is 30.2 Å². The lowest BCUT2D eigenvalue weighted by molar-refractivity contribution is -0.137. The van der Waals surface area contributed by atoms with Crippen molar-refractivity contribution < 1.29 is 14.3 Å². The lowest BCUT2D eigenvalue weighted by Crippen LogP contribution is -2.47. The highest BCUT2D eigenvalue weighted by Gasteiger charge is 2.39. The largest absolute Gasteiger partial charge is 0.495 e. The Morgan fingerprint density at radius 2 is 2.08 bits per heavy atom. The van der Waals surface area contributed by atoms with Gasteiger partial charge in [0.15, 0.2) is 0 Å². The summed E-state index contributed by atoms with van der Waals surface area (Å²) in [6, 6.07) is 7.52. The van der Waals surface area contributed by atoms with Crippen LogP contribution in [0, 0.1) is 11.8 Å². The monoisotopic (exact) mass is 345 g/mol. The summed E-state index contributed by atoms with van der Waals surface area (Å²) < 4.78 is 5.36. The summed E-state index contributed by atoms with van der Waals surface area (Å²) in [5.41, 5.74) is 6.75. The van der Waals surface area contributed by atoms with Gasteiger partial charge in [0.2, 0.25) is 11.8 Å². The van der Waals surface area contributed by atoms with Gasteiger partial charge >= 0.3 is 0 Å². The van der Waals surface area contributed by atoms with E-state index in [1.54, 1.807) is 12.0 Å². The first-order valence-electron chi connectivity index (χ1n) is 8.99. The molecule has 3 atom stereocenters. The highest BCUT2D eigenvalue weighted by atomic mass is 16.5. The van der Waals surface area contributed by atoms with E-state index in [4.69, 9.17) is 10.5 Å². The summed E-state index contributed by atoms with van der Waals surface area (Å²) in [6.45, 7) is 3.88. The van der Waals surface area contributed by atoms with Gasteiger partial charge in [0.1, 0.15) is 5.75 Å². The molecule has 6 nitrogen and oxygen atoms in total. The van der Waals surface area contributed by atoms with Crippen LogP contribution in [0.2, 0.25) is 0 Å². The topological polar surface area (TPSA) is 75.9 Å². The number of likely N-dealkylation sites (tertiary alicyclic amines) is 1. The highest BCUT2D eigenvalue weighted by molar-refractivity contribution is 6.01. The van der Waals surface area contributed by atoms with Crippen molar-refractivity contribution in [3.8, 4) is 5.75 Å². The minimum absolute atomic E-state index is 0.0244. The molecule has 2 N–H and O–H groups in total. The number of benzene rings is 1. The number of nitrogens with two attached hydrogens (primary N) is 1. The van der Waals surface area contributed by atoms with Gasteiger partial charge in [-0.1, -0.05) is 12.1 Å². The summed E-state index contributed by atoms with van der Waals surface area (Å²) in [6.07, 6.45) is 2.31. The minimum atomic E-state index is -0.288. The SMILES string of the molecule is COc1ccccc1N1CC(C(=O)N2CCCC(C(C)N)C2)CC1=O. The van der Waals surface area contributed by atoms with Crippen LogP contribution in [0.3, 0.4) is 0 Å². The van der Waals surface area contributed by atoms with E-state index in [0.717, 1.165) is 25.1 Å². The fourth-order valence-corrected chi connectivity index (χ4v) is 3.86. The molecule has 136 valence electrons. The first-order valence-corrected chi connectivity index (χ1v) is 8.99. The predicted molar refractivity (Wildman–Crippen MR) is 96.4 cm³/mol. The Kier molecular flexibility index (Phi) is 5.27. The number of nitrogens with zero attached hydrogens (tertiary/aromatic N) is 2. The molecule has 0 radical (unpaired) electrons. The first-order chi connectivity index (χ1) is 12.0. The third kappa shape index (κ3) is 3.63. The minimum Gasteiger partial charge on any atom is -0.495 e. The number of hydrogen-bond acceptors (Lipinski definition) is 4. The molecule has 0 spiro atoms. The number of rotatable bonds is 4. The molecule has 25 heavy (non-hydrogen) atoms. The van der Waals surface area contributed by atoms with Crippen molar-refractivity contribution in [2.24, 2.45) is 17.6 Å². The maximum atomic E-state index is 12.9. The first kappa shape index (κ1) is 17.7. The molecule has 2 heterocycles. The van der Waals surface area contributed by atoms with Crippen LogP contribution in [0.15, 0.2) is 24.3 Å². The molecular weight excluding hydrogens is 318 g/mol. The van der Waals surface area contributed by atoms with E-state index in [2.05, 4.69) is 0 Å². The van der Waals surface area contributed by atoms with Gasteiger partial charge in [0.05, 0.1) is 18.7 Å². The molecule has 6 heteroatoms. The maximum absolute atomic E-state index is 12.9. The number of carbonyl (C=O) groups excluding carboxylic acids is 2. The summed E-state index contributed by atoms with van der Waals surface area (Å²) >= 11 is 0. The Hall–Kier alpha value is -2.08. The van der Waals surface area contributed by atoms with Crippen LogP contribution >= 0.6 is 0 Å². The molecule has 1 aromatic carbocycles. The average Bonchev–Trinajstić information content (AvgIpc) is 3.02. The molecule has 2 saturated heterocycles. The fourth-order valence-electron chi connectivity index (χ4n) is 3.86. The quantitative estimate of drug-likeness (QED) is 0.900. The van der Waals surface area contributed by atoms with Crippen molar-refractivity contribution in [1.29, 1.82) is 0 Å². The second-order valence-corrected chi connectivity index (χ2v) is 7.12. The summed E-state index contributed by atoms with van der Waals surface area (Å²) in [4.78, 5) is 29.0. The van der Waals surface area contributed by atoms with Crippen LogP contribution in [0.25, 0.3) is 0 Å². The van der Waals surface area contributed by atoms with Gasteiger partial charge in [0.25, 0.3) is 0 Å². The van der Waals surface area contributed by atoms with Crippen LogP contribution in [0.4, 0.5) is 5.69 Å². The second-order valence-electron chi connectivity index (χ2n) is 7.12. The van der Waals surface area contributed by atoms with E-state index < -0.39 is 0 Å². The van der Waals surface area contributed by atoms with Crippen molar-refractivity contribution >= 4 is 17.5 Å². The van der Waals surface area contributed by atoms with Crippen LogP contribution in [-0.2, 0) is 9.59 Å². The van der Waals surface area contributed by atoms with Gasteiger partial charge in [-0.05, 0) is 37.8 Å². The molecule has 3 unspecified atom stereocenters. The number of piperidine rings is 1. The van der Waals surface area contributed by atoms with Crippen LogP contribution in [-0.4, -0.2) is 49.5 Å². The van der Waals surface area contributed by atoms with E-state index >= 15 is 0 Å². The number of anilines is 1. The number of amides is 2. The smallest absolute Gasteiger partial charge is 0.228 e. The third-order valence-corrected chi connectivity index (χ3v) is 5.36. The molecule has 3 rings (SSSR count). The zero-order valence-electron chi connectivity index (χ0n) is 15.0. The average molecular weight is 345 g/mol. The highest BCUT2D eigenvalue weighted by Crippen LogP contribution is 2.33. The molecule has 1 aromatic rings. The molecule has 2 aliphatic heterocycles. The van der Waals surface area contributed by atoms with E-state index in [1.165, 1.54) is 0 Å². The van der Waals surface area contributed by atoms with E-state index in [0.29, 0.717) is 24.8 Å². The van der Waals surface area contributed by atoms with E-state index in [1.807, 2.05) is 36.1 Å². The summed E-state index contributed by atoms with van der Waals surface area (Å²) in [5, 5.41) is 0. The fraction of sp³-hybridized carbons (Fsp3) is 0.579. The number of methoxy groups -OCH3 is 1. The zero-order valence-corrected chi connectivity index (χ0v) is 15.0. The Bertz CT molecular complexity index is 647. The lowest BCUT2D eigenvalue weighted by Gasteiger charge is -2.35. The molecular formula is C19H27N3O3. The summed E-state index contributed by atoms with van der Waals surface area (Å²) in [5.74, 6) is 0.767. The number of para-hydroxylation sites is 2. The van der Waals surface area contributed by atoms with Gasteiger partial charge in [-0.15, -0.1) is 0 Å². The molecule has 2 amide bonds. The van der Waals surface area contributed by atoms with Crippen LogP contribution in [0.5, 0.6) is 5.75 Å². The van der Waals surface area contributed by atoms with E-state index in [9.17, 15) is 9.59 Å². The maximum Gasteiger partial charge on any atom is 0.228 e. The van der Waals surface area contributed by atoms with Crippen molar-refractivity contribution in [3.63, 3.8) is 0 Å². The Balaban J connectivity index is 1.70. The van der Waals surface area contributed by atoms with Gasteiger partial charge < -0.3 is 20.3 Å². The molecule has 0 saturated carbocycles. The van der Waals surface area contributed by atoms with Crippen molar-refractivity contribution in [1.82, 2.24) is 4.90 Å². The lowest BCUT2D eigenvalue weighted by atomic mass is 9.91. The predicted octanol–water partition coefficient (Wildman–Crippen LogP) is 1.63. The standard InChI is InChI=1S/C19H27N3O3/c1-13(20)14-6-5-9-21(11-14)19(24)15-10-18(23)22(12-15)16-7-3-4-8-17(16)25-2/h3-4,7-8,13-15H,5-6,9-12,20H2,1-2H3. The summed E-state index contributed by atoms with van der Waals surface area (Å²) in [7, 11) is 1.59. The molecule has 0 aromatic heterocycles. The Morgan fingerprint density at radius 3 is 2.80 bits per heavy atom. The van der Waals surface area contributed by atoms with Crippen molar-refractivity contribution in [2.75, 3.05) is 31.6 Å². The van der Waals surface area contributed by atoms with Gasteiger partial charge in [-0.2, -0.15) is 0 Å². The van der Waals surface area contributed by atoms with Gasteiger partial charge in [-0.3, -0.25) is 9.59 Å². The molecule has 0 bridgehead atoms. The number of ether oxygens (including phenoxy) is 1. The molecule has 2 fully saturated rings. The number of hydrogen-bond donors (Lipinski definition) is 1. The Labute approximate surface area is 148 Å². The van der Waals surface area contributed by atoms with Crippen LogP contribution in [0.1, 0.15) is 26.2 Å². The normalized spacial score (nSPS) is 25.2. The molecule has 2 aliphatic rings. The zero-order chi connectivity index (χ0) is 18.0. The third-order valence-electron chi connectivity index (χ3n) is 5.36. The number of carbonyl (C=O) groups is 2. The van der Waals surface area contributed by atoms with Crippen molar-refractivity contribution in [3.05, 3.63) is 24.3 Å².